The average molecular weight is 240 g/mol. The highest BCUT2D eigenvalue weighted by Gasteiger charge is 2.29. The van der Waals surface area contributed by atoms with Crippen LogP contribution in [-0.2, 0) is 4.74 Å². The van der Waals surface area contributed by atoms with Crippen molar-refractivity contribution in [3.05, 3.63) is 12.0 Å². The van der Waals surface area contributed by atoms with E-state index >= 15 is 0 Å². The van der Waals surface area contributed by atoms with Gasteiger partial charge >= 0.3 is 0 Å². The van der Waals surface area contributed by atoms with Crippen molar-refractivity contribution in [2.75, 3.05) is 24.3 Å². The third kappa shape index (κ3) is 2.82. The summed E-state index contributed by atoms with van der Waals surface area (Å²) in [6, 6.07) is 0.235. The number of anilines is 2. The summed E-state index contributed by atoms with van der Waals surface area (Å²) in [6.07, 6.45) is 3.23. The second-order valence-corrected chi connectivity index (χ2v) is 4.09. The molecule has 0 amide bonds. The van der Waals surface area contributed by atoms with Gasteiger partial charge in [-0.1, -0.05) is 0 Å². The molecule has 1 fully saturated rings. The zero-order valence-corrected chi connectivity index (χ0v) is 10.0. The van der Waals surface area contributed by atoms with Crippen molar-refractivity contribution in [1.29, 1.82) is 0 Å². The summed E-state index contributed by atoms with van der Waals surface area (Å²) in [4.78, 5) is 7.93. The van der Waals surface area contributed by atoms with Crippen molar-refractivity contribution in [1.82, 2.24) is 9.97 Å². The number of methoxy groups -OCH3 is 1. The van der Waals surface area contributed by atoms with Gasteiger partial charge in [-0.15, -0.1) is 0 Å². The van der Waals surface area contributed by atoms with E-state index in [2.05, 4.69) is 20.6 Å². The smallest absolute Gasteiger partial charge is 0.224 e. The van der Waals surface area contributed by atoms with Crippen LogP contribution in [0.2, 0.25) is 0 Å². The van der Waals surface area contributed by atoms with Crippen LogP contribution in [0.25, 0.3) is 0 Å². The Hall–Kier alpha value is -1.43. The summed E-state index contributed by atoms with van der Waals surface area (Å²) in [5.41, 5.74) is 0. The maximum absolute atomic E-state index is 13.5. The number of ether oxygens (including phenoxy) is 1. The number of nitrogens with one attached hydrogen (secondary N) is 2. The molecule has 5 nitrogen and oxygen atoms in total. The SMILES string of the molecule is CCNc1ncc(F)c(NC2CC(OC)C2)n1. The fourth-order valence-corrected chi connectivity index (χ4v) is 1.78. The molecule has 1 aromatic rings. The van der Waals surface area contributed by atoms with Gasteiger partial charge in [0.2, 0.25) is 5.95 Å². The van der Waals surface area contributed by atoms with Crippen LogP contribution in [0.1, 0.15) is 19.8 Å². The molecule has 1 aliphatic rings. The van der Waals surface area contributed by atoms with Gasteiger partial charge in [-0.25, -0.2) is 9.37 Å². The van der Waals surface area contributed by atoms with Crippen LogP contribution >= 0.6 is 0 Å². The minimum Gasteiger partial charge on any atom is -0.381 e. The largest absolute Gasteiger partial charge is 0.381 e. The van der Waals surface area contributed by atoms with Gasteiger partial charge in [0.1, 0.15) is 0 Å². The quantitative estimate of drug-likeness (QED) is 0.819. The average Bonchev–Trinajstić information content (AvgIpc) is 2.27. The first-order valence-electron chi connectivity index (χ1n) is 5.78. The molecule has 94 valence electrons. The van der Waals surface area contributed by atoms with Crippen LogP contribution in [0.3, 0.4) is 0 Å². The Labute approximate surface area is 99.8 Å². The zero-order valence-electron chi connectivity index (χ0n) is 10.0. The van der Waals surface area contributed by atoms with Gasteiger partial charge in [-0.2, -0.15) is 4.98 Å². The van der Waals surface area contributed by atoms with Gasteiger partial charge in [-0.05, 0) is 19.8 Å². The third-order valence-corrected chi connectivity index (χ3v) is 2.85. The lowest BCUT2D eigenvalue weighted by atomic mass is 9.89. The van der Waals surface area contributed by atoms with Gasteiger partial charge in [0, 0.05) is 19.7 Å². The highest BCUT2D eigenvalue weighted by Crippen LogP contribution is 2.26. The highest BCUT2D eigenvalue weighted by molar-refractivity contribution is 5.42. The van der Waals surface area contributed by atoms with E-state index in [1.165, 1.54) is 6.20 Å². The van der Waals surface area contributed by atoms with E-state index in [0.717, 1.165) is 12.8 Å². The minimum absolute atomic E-state index is 0.235. The molecule has 2 N–H and O–H groups in total. The molecule has 1 aliphatic carbocycles. The molecular formula is C11H17FN4O. The lowest BCUT2D eigenvalue weighted by Crippen LogP contribution is -2.40. The Kier molecular flexibility index (Phi) is 3.73. The lowest BCUT2D eigenvalue weighted by molar-refractivity contribution is 0.0327. The molecule has 0 saturated heterocycles. The summed E-state index contributed by atoms with van der Waals surface area (Å²) in [5, 5.41) is 6.01. The van der Waals surface area contributed by atoms with Gasteiger partial charge < -0.3 is 15.4 Å². The molecule has 17 heavy (non-hydrogen) atoms. The number of hydrogen-bond donors (Lipinski definition) is 2. The Balaban J connectivity index is 1.97. The Morgan fingerprint density at radius 2 is 2.29 bits per heavy atom. The zero-order chi connectivity index (χ0) is 12.3. The predicted octanol–water partition coefficient (Wildman–Crippen LogP) is 1.64. The molecule has 0 spiro atoms. The van der Waals surface area contributed by atoms with E-state index in [-0.39, 0.29) is 18.0 Å². The molecule has 0 aliphatic heterocycles. The van der Waals surface area contributed by atoms with Crippen LogP contribution < -0.4 is 10.6 Å². The first kappa shape index (κ1) is 12.0. The summed E-state index contributed by atoms with van der Waals surface area (Å²) in [7, 11) is 1.69. The van der Waals surface area contributed by atoms with Crippen LogP contribution in [-0.4, -0.2) is 35.8 Å². The van der Waals surface area contributed by atoms with E-state index in [9.17, 15) is 4.39 Å². The van der Waals surface area contributed by atoms with Gasteiger partial charge in [0.15, 0.2) is 11.6 Å². The molecule has 0 aromatic carbocycles. The van der Waals surface area contributed by atoms with Crippen molar-refractivity contribution in [2.45, 2.75) is 31.9 Å². The molecule has 0 atom stereocenters. The Morgan fingerprint density at radius 3 is 2.94 bits per heavy atom. The normalized spacial score (nSPS) is 23.0. The second-order valence-electron chi connectivity index (χ2n) is 4.09. The lowest BCUT2D eigenvalue weighted by Gasteiger charge is -2.34. The topological polar surface area (TPSA) is 59.1 Å². The molecule has 1 heterocycles. The van der Waals surface area contributed by atoms with Gasteiger partial charge in [0.05, 0.1) is 12.3 Å². The maximum Gasteiger partial charge on any atom is 0.224 e. The second kappa shape index (κ2) is 5.27. The summed E-state index contributed by atoms with van der Waals surface area (Å²) >= 11 is 0. The van der Waals surface area contributed by atoms with Crippen molar-refractivity contribution >= 4 is 11.8 Å². The Morgan fingerprint density at radius 1 is 1.53 bits per heavy atom. The molecule has 0 radical (unpaired) electrons. The van der Waals surface area contributed by atoms with E-state index in [0.29, 0.717) is 12.5 Å². The molecule has 2 rings (SSSR count). The molecule has 1 saturated carbocycles. The number of aromatic nitrogens is 2. The monoisotopic (exact) mass is 240 g/mol. The molecule has 6 heteroatoms. The van der Waals surface area contributed by atoms with E-state index in [4.69, 9.17) is 4.74 Å². The van der Waals surface area contributed by atoms with Crippen molar-refractivity contribution in [2.24, 2.45) is 0 Å². The summed E-state index contributed by atoms with van der Waals surface area (Å²) in [5.74, 6) is 0.280. The van der Waals surface area contributed by atoms with Crippen molar-refractivity contribution in [3.8, 4) is 0 Å². The first-order chi connectivity index (χ1) is 8.22. The van der Waals surface area contributed by atoms with E-state index in [1.807, 2.05) is 6.92 Å². The van der Waals surface area contributed by atoms with Crippen molar-refractivity contribution < 1.29 is 9.13 Å². The highest BCUT2D eigenvalue weighted by atomic mass is 19.1. The summed E-state index contributed by atoms with van der Waals surface area (Å²) in [6.45, 7) is 2.65. The third-order valence-electron chi connectivity index (χ3n) is 2.85. The first-order valence-corrected chi connectivity index (χ1v) is 5.78. The minimum atomic E-state index is -0.424. The molecule has 1 aromatic heterocycles. The van der Waals surface area contributed by atoms with Crippen LogP contribution in [0.15, 0.2) is 6.20 Å². The van der Waals surface area contributed by atoms with Crippen LogP contribution in [0, 0.1) is 5.82 Å². The number of rotatable bonds is 5. The summed E-state index contributed by atoms with van der Waals surface area (Å²) < 4.78 is 18.6. The number of halogens is 1. The van der Waals surface area contributed by atoms with Gasteiger partial charge in [0.25, 0.3) is 0 Å². The number of nitrogens with zero attached hydrogens (tertiary/aromatic N) is 2. The van der Waals surface area contributed by atoms with Crippen molar-refractivity contribution in [3.63, 3.8) is 0 Å². The molecular weight excluding hydrogens is 223 g/mol. The van der Waals surface area contributed by atoms with E-state index in [1.54, 1.807) is 7.11 Å². The van der Waals surface area contributed by atoms with Crippen LogP contribution in [0.4, 0.5) is 16.2 Å². The number of hydrogen-bond acceptors (Lipinski definition) is 5. The molecule has 0 unspecified atom stereocenters. The van der Waals surface area contributed by atoms with Crippen LogP contribution in [0.5, 0.6) is 0 Å². The Bertz CT molecular complexity index is 382. The standard InChI is InChI=1S/C11H17FN4O/c1-3-13-11-14-6-9(12)10(16-11)15-7-4-8(5-7)17-2/h6-8H,3-5H2,1-2H3,(H2,13,14,15,16). The maximum atomic E-state index is 13.5. The fourth-order valence-electron chi connectivity index (χ4n) is 1.78. The van der Waals surface area contributed by atoms with Gasteiger partial charge in [-0.3, -0.25) is 0 Å². The molecule has 0 bridgehead atoms. The van der Waals surface area contributed by atoms with E-state index < -0.39 is 5.82 Å². The fraction of sp³-hybridized carbons (Fsp3) is 0.636. The predicted molar refractivity (Wildman–Crippen MR) is 63.6 cm³/mol.